The first-order chi connectivity index (χ1) is 18.6. The fourth-order valence-electron chi connectivity index (χ4n) is 4.67. The quantitative estimate of drug-likeness (QED) is 0.294. The van der Waals surface area contributed by atoms with Gasteiger partial charge < -0.3 is 25.6 Å². The highest BCUT2D eigenvalue weighted by Crippen LogP contribution is 2.21. The number of carbonyl (C=O) groups excluding carboxylic acids is 5. The van der Waals surface area contributed by atoms with Gasteiger partial charge in [-0.15, -0.1) is 0 Å². The maximum atomic E-state index is 13.7. The van der Waals surface area contributed by atoms with Gasteiger partial charge in [-0.05, 0) is 49.2 Å². The molecule has 10 nitrogen and oxygen atoms in total. The average molecular weight is 563 g/mol. The van der Waals surface area contributed by atoms with Gasteiger partial charge in [-0.25, -0.2) is 4.79 Å². The summed E-state index contributed by atoms with van der Waals surface area (Å²) in [4.78, 5) is 65.8. The van der Waals surface area contributed by atoms with Crippen LogP contribution < -0.4 is 16.0 Å². The summed E-state index contributed by atoms with van der Waals surface area (Å²) in [7, 11) is 1.27. The van der Waals surface area contributed by atoms with Crippen LogP contribution in [0.4, 0.5) is 0 Å². The molecule has 1 fully saturated rings. The minimum Gasteiger partial charge on any atom is -0.467 e. The molecule has 0 bridgehead atoms. The average Bonchev–Trinajstić information content (AvgIpc) is 3.39. The SMILES string of the molecule is COC(=O)[C@H](Cc1ccccc1)NC(=O)[C@@H]1CCCN1C(=O)[C@H](CC(C)C)NC(=O)[C@H](CCSC)NC(C)=O. The number of nitrogens with zero attached hydrogens (tertiary/aromatic N) is 1. The van der Waals surface area contributed by atoms with Crippen LogP contribution in [0.25, 0.3) is 0 Å². The van der Waals surface area contributed by atoms with E-state index in [0.29, 0.717) is 38.0 Å². The number of hydrogen-bond acceptors (Lipinski definition) is 7. The zero-order valence-electron chi connectivity index (χ0n) is 23.5. The van der Waals surface area contributed by atoms with Crippen LogP contribution in [0.3, 0.4) is 0 Å². The van der Waals surface area contributed by atoms with E-state index in [4.69, 9.17) is 4.74 Å². The molecule has 0 unspecified atom stereocenters. The lowest BCUT2D eigenvalue weighted by Gasteiger charge is -2.31. The van der Waals surface area contributed by atoms with E-state index in [9.17, 15) is 24.0 Å². The lowest BCUT2D eigenvalue weighted by Crippen LogP contribution is -2.58. The molecule has 1 aromatic carbocycles. The molecule has 1 aliphatic rings. The van der Waals surface area contributed by atoms with E-state index in [-0.39, 0.29) is 24.2 Å². The molecule has 2 rings (SSSR count). The summed E-state index contributed by atoms with van der Waals surface area (Å²) < 4.78 is 4.91. The molecular formula is C28H42N4O6S. The van der Waals surface area contributed by atoms with Crippen molar-refractivity contribution in [1.82, 2.24) is 20.9 Å². The number of amides is 4. The molecule has 1 heterocycles. The molecule has 0 spiro atoms. The number of esters is 1. The van der Waals surface area contributed by atoms with Crippen LogP contribution in [0.1, 0.15) is 52.0 Å². The van der Waals surface area contributed by atoms with Crippen molar-refractivity contribution in [2.75, 3.05) is 25.7 Å². The van der Waals surface area contributed by atoms with Gasteiger partial charge in [0.2, 0.25) is 23.6 Å². The summed E-state index contributed by atoms with van der Waals surface area (Å²) in [5.41, 5.74) is 0.863. The Balaban J connectivity index is 2.17. The number of likely N-dealkylation sites (tertiary alicyclic amines) is 1. The van der Waals surface area contributed by atoms with Crippen LogP contribution in [-0.2, 0) is 35.1 Å². The molecule has 0 aromatic heterocycles. The molecule has 4 atom stereocenters. The Morgan fingerprint density at radius 2 is 1.72 bits per heavy atom. The van der Waals surface area contributed by atoms with E-state index in [1.54, 1.807) is 11.8 Å². The highest BCUT2D eigenvalue weighted by Gasteiger charge is 2.39. The molecule has 39 heavy (non-hydrogen) atoms. The highest BCUT2D eigenvalue weighted by molar-refractivity contribution is 7.98. The number of thioether (sulfide) groups is 1. The minimum atomic E-state index is -0.900. The maximum Gasteiger partial charge on any atom is 0.328 e. The van der Waals surface area contributed by atoms with Gasteiger partial charge in [0.1, 0.15) is 24.2 Å². The first-order valence-corrected chi connectivity index (χ1v) is 14.8. The molecule has 1 aromatic rings. The Morgan fingerprint density at radius 1 is 1.03 bits per heavy atom. The Bertz CT molecular complexity index is 990. The summed E-state index contributed by atoms with van der Waals surface area (Å²) in [5, 5.41) is 8.29. The van der Waals surface area contributed by atoms with Gasteiger partial charge in [-0.2, -0.15) is 11.8 Å². The van der Waals surface area contributed by atoms with Crippen LogP contribution in [0, 0.1) is 5.92 Å². The molecule has 1 aliphatic heterocycles. The third-order valence-electron chi connectivity index (χ3n) is 6.55. The molecule has 4 amide bonds. The summed E-state index contributed by atoms with van der Waals surface area (Å²) in [6.07, 6.45) is 4.05. The van der Waals surface area contributed by atoms with Crippen LogP contribution in [-0.4, -0.2) is 84.3 Å². The Kier molecular flexibility index (Phi) is 13.3. The van der Waals surface area contributed by atoms with Crippen molar-refractivity contribution in [3.63, 3.8) is 0 Å². The van der Waals surface area contributed by atoms with Gasteiger partial charge >= 0.3 is 5.97 Å². The molecule has 0 aliphatic carbocycles. The van der Waals surface area contributed by atoms with Crippen molar-refractivity contribution in [2.45, 2.75) is 77.0 Å². The van der Waals surface area contributed by atoms with E-state index >= 15 is 0 Å². The first-order valence-electron chi connectivity index (χ1n) is 13.4. The number of nitrogens with one attached hydrogen (secondary N) is 3. The van der Waals surface area contributed by atoms with Gasteiger partial charge in [0.25, 0.3) is 0 Å². The lowest BCUT2D eigenvalue weighted by atomic mass is 10.0. The maximum absolute atomic E-state index is 13.7. The summed E-state index contributed by atoms with van der Waals surface area (Å²) >= 11 is 1.56. The van der Waals surface area contributed by atoms with E-state index in [1.165, 1.54) is 18.9 Å². The molecule has 0 radical (unpaired) electrons. The zero-order valence-corrected chi connectivity index (χ0v) is 24.3. The Labute approximate surface area is 235 Å². The van der Waals surface area contributed by atoms with Crippen molar-refractivity contribution in [3.8, 4) is 0 Å². The summed E-state index contributed by atoms with van der Waals surface area (Å²) in [5.74, 6) is -1.34. The highest BCUT2D eigenvalue weighted by atomic mass is 32.2. The van der Waals surface area contributed by atoms with Gasteiger partial charge in [-0.3, -0.25) is 19.2 Å². The molecular weight excluding hydrogens is 520 g/mol. The van der Waals surface area contributed by atoms with Crippen LogP contribution in [0.5, 0.6) is 0 Å². The molecule has 0 saturated carbocycles. The second-order valence-corrected chi connectivity index (χ2v) is 11.2. The predicted molar refractivity (Wildman–Crippen MR) is 151 cm³/mol. The normalized spacial score (nSPS) is 17.2. The van der Waals surface area contributed by atoms with Gasteiger partial charge in [0, 0.05) is 19.9 Å². The minimum absolute atomic E-state index is 0.0918. The van der Waals surface area contributed by atoms with Crippen molar-refractivity contribution in [3.05, 3.63) is 35.9 Å². The first kappa shape index (κ1) is 32.1. The lowest BCUT2D eigenvalue weighted by molar-refractivity contribution is -0.147. The van der Waals surface area contributed by atoms with E-state index < -0.39 is 42.0 Å². The van der Waals surface area contributed by atoms with Gasteiger partial charge in [0.15, 0.2) is 0 Å². The monoisotopic (exact) mass is 562 g/mol. The van der Waals surface area contributed by atoms with Crippen LogP contribution >= 0.6 is 11.8 Å². The van der Waals surface area contributed by atoms with E-state index in [2.05, 4.69) is 16.0 Å². The van der Waals surface area contributed by atoms with E-state index in [0.717, 1.165) is 5.56 Å². The third-order valence-corrected chi connectivity index (χ3v) is 7.19. The van der Waals surface area contributed by atoms with Crippen molar-refractivity contribution in [2.24, 2.45) is 5.92 Å². The second kappa shape index (κ2) is 16.1. The van der Waals surface area contributed by atoms with Crippen molar-refractivity contribution >= 4 is 41.4 Å². The molecule has 3 N–H and O–H groups in total. The Morgan fingerprint density at radius 3 is 2.31 bits per heavy atom. The number of ether oxygens (including phenoxy) is 1. The molecule has 1 saturated heterocycles. The van der Waals surface area contributed by atoms with E-state index in [1.807, 2.05) is 50.4 Å². The van der Waals surface area contributed by atoms with Crippen LogP contribution in [0.2, 0.25) is 0 Å². The number of methoxy groups -OCH3 is 1. The van der Waals surface area contributed by atoms with Gasteiger partial charge in [0.05, 0.1) is 7.11 Å². The summed E-state index contributed by atoms with van der Waals surface area (Å²) in [6, 6.07) is 6.02. The van der Waals surface area contributed by atoms with Crippen LogP contribution in [0.15, 0.2) is 30.3 Å². The van der Waals surface area contributed by atoms with Crippen molar-refractivity contribution in [1.29, 1.82) is 0 Å². The molecule has 216 valence electrons. The van der Waals surface area contributed by atoms with Gasteiger partial charge in [-0.1, -0.05) is 44.2 Å². The summed E-state index contributed by atoms with van der Waals surface area (Å²) in [6.45, 7) is 5.61. The molecule has 11 heteroatoms. The fraction of sp³-hybridized carbons (Fsp3) is 0.607. The topological polar surface area (TPSA) is 134 Å². The number of hydrogen-bond donors (Lipinski definition) is 3. The number of carbonyl (C=O) groups is 5. The standard InChI is InChI=1S/C28H42N4O6S/c1-18(2)16-22(30-25(34)21(13-15-39-5)29-19(3)33)27(36)32-14-9-12-24(32)26(35)31-23(28(37)38-4)17-20-10-7-6-8-11-20/h6-8,10-11,18,21-24H,9,12-17H2,1-5H3,(H,29,33)(H,30,34)(H,31,35)/t21-,22-,23-,24-/m0/s1. The largest absolute Gasteiger partial charge is 0.467 e. The number of rotatable bonds is 14. The third kappa shape index (κ3) is 10.2. The Hall–Kier alpha value is -3.08. The van der Waals surface area contributed by atoms with Crippen molar-refractivity contribution < 1.29 is 28.7 Å². The fourth-order valence-corrected chi connectivity index (χ4v) is 5.14. The smallest absolute Gasteiger partial charge is 0.328 e. The zero-order chi connectivity index (χ0) is 28.9. The number of benzene rings is 1. The second-order valence-electron chi connectivity index (χ2n) is 10.2. The predicted octanol–water partition coefficient (Wildman–Crippen LogP) is 1.67.